The molecule has 4 nitrogen and oxygen atoms in total. The molecule has 1 heterocycles. The van der Waals surface area contributed by atoms with E-state index in [1.54, 1.807) is 12.3 Å². The second-order valence-electron chi connectivity index (χ2n) is 4.05. The Morgan fingerprint density at radius 3 is 2.79 bits per heavy atom. The molecule has 0 saturated carbocycles. The van der Waals surface area contributed by atoms with E-state index in [9.17, 15) is 4.21 Å². The Bertz CT molecular complexity index is 707. The Labute approximate surface area is 114 Å². The van der Waals surface area contributed by atoms with Crippen molar-refractivity contribution in [2.45, 2.75) is 11.8 Å². The number of anilines is 1. The van der Waals surface area contributed by atoms with Crippen LogP contribution in [0.5, 0.6) is 0 Å². The molecule has 2 N–H and O–H groups in total. The summed E-state index contributed by atoms with van der Waals surface area (Å²) in [5.74, 6) is 0.328. The average molecular weight is 273 g/mol. The van der Waals surface area contributed by atoms with Gasteiger partial charge in [0.15, 0.2) is 5.82 Å². The van der Waals surface area contributed by atoms with E-state index >= 15 is 0 Å². The number of nitrogen functional groups attached to an aromatic ring is 1. The number of pyridine rings is 1. The van der Waals surface area contributed by atoms with Crippen molar-refractivity contribution in [1.29, 1.82) is 0 Å². The number of aromatic nitrogens is 1. The zero-order valence-corrected chi connectivity index (χ0v) is 11.7. The SMILES string of the molecule is C=Nc1c(N)nc2cc(S(C)=O)ccc2c1/C=C\C. The monoisotopic (exact) mass is 273 g/mol. The van der Waals surface area contributed by atoms with Crippen LogP contribution in [0.15, 0.2) is 34.2 Å². The zero-order valence-electron chi connectivity index (χ0n) is 10.9. The minimum atomic E-state index is -1.04. The van der Waals surface area contributed by atoms with E-state index in [1.165, 1.54) is 0 Å². The summed E-state index contributed by atoms with van der Waals surface area (Å²) in [5.41, 5.74) is 8.08. The number of nitrogens with two attached hydrogens (primary N) is 1. The molecule has 19 heavy (non-hydrogen) atoms. The molecular weight excluding hydrogens is 258 g/mol. The summed E-state index contributed by atoms with van der Waals surface area (Å²) < 4.78 is 11.5. The van der Waals surface area contributed by atoms with Crippen LogP contribution in [-0.4, -0.2) is 22.2 Å². The zero-order chi connectivity index (χ0) is 14.0. The first-order valence-corrected chi connectivity index (χ1v) is 7.30. The minimum absolute atomic E-state index is 0.328. The van der Waals surface area contributed by atoms with Crippen molar-refractivity contribution in [3.8, 4) is 0 Å². The summed E-state index contributed by atoms with van der Waals surface area (Å²) in [6.45, 7) is 5.46. The molecule has 2 rings (SSSR count). The van der Waals surface area contributed by atoms with Gasteiger partial charge in [0.2, 0.25) is 0 Å². The van der Waals surface area contributed by atoms with Gasteiger partial charge < -0.3 is 5.73 Å². The topological polar surface area (TPSA) is 68.3 Å². The third-order valence-electron chi connectivity index (χ3n) is 2.82. The van der Waals surface area contributed by atoms with Crippen LogP contribution >= 0.6 is 0 Å². The molecule has 5 heteroatoms. The van der Waals surface area contributed by atoms with Gasteiger partial charge in [0.25, 0.3) is 0 Å². The molecule has 0 spiro atoms. The molecule has 0 saturated heterocycles. The number of nitrogens with zero attached hydrogens (tertiary/aromatic N) is 2. The van der Waals surface area contributed by atoms with Crippen molar-refractivity contribution in [3.05, 3.63) is 29.8 Å². The molecule has 1 unspecified atom stereocenters. The molecule has 0 amide bonds. The molecule has 0 aliphatic rings. The third-order valence-corrected chi connectivity index (χ3v) is 3.74. The van der Waals surface area contributed by atoms with E-state index < -0.39 is 10.8 Å². The van der Waals surface area contributed by atoms with Gasteiger partial charge in [-0.25, -0.2) is 4.98 Å². The highest BCUT2D eigenvalue weighted by atomic mass is 32.2. The van der Waals surface area contributed by atoms with Crippen LogP contribution in [0.4, 0.5) is 11.5 Å². The molecule has 2 aromatic rings. The Morgan fingerprint density at radius 1 is 1.47 bits per heavy atom. The van der Waals surface area contributed by atoms with E-state index in [0.717, 1.165) is 15.8 Å². The van der Waals surface area contributed by atoms with Crippen LogP contribution in [0.1, 0.15) is 12.5 Å². The van der Waals surface area contributed by atoms with Gasteiger partial charge in [-0.3, -0.25) is 9.20 Å². The Kier molecular flexibility index (Phi) is 3.76. The van der Waals surface area contributed by atoms with Crippen LogP contribution in [0, 0.1) is 0 Å². The molecule has 1 aromatic heterocycles. The van der Waals surface area contributed by atoms with Crippen molar-refractivity contribution >= 4 is 46.0 Å². The van der Waals surface area contributed by atoms with Gasteiger partial charge in [-0.2, -0.15) is 0 Å². The van der Waals surface area contributed by atoms with E-state index in [-0.39, 0.29) is 0 Å². The van der Waals surface area contributed by atoms with Gasteiger partial charge in [0.05, 0.1) is 5.52 Å². The van der Waals surface area contributed by atoms with Gasteiger partial charge in [-0.15, -0.1) is 0 Å². The minimum Gasteiger partial charge on any atom is -0.382 e. The lowest BCUT2D eigenvalue weighted by atomic mass is 10.1. The quantitative estimate of drug-likeness (QED) is 0.874. The lowest BCUT2D eigenvalue weighted by molar-refractivity contribution is 0.687. The Balaban J connectivity index is 2.86. The molecule has 0 bridgehead atoms. The lowest BCUT2D eigenvalue weighted by Crippen LogP contribution is -1.96. The molecular formula is C14H15N3OS. The molecule has 1 aromatic carbocycles. The third kappa shape index (κ3) is 2.42. The van der Waals surface area contributed by atoms with Crippen molar-refractivity contribution in [1.82, 2.24) is 4.98 Å². The number of benzene rings is 1. The van der Waals surface area contributed by atoms with Crippen LogP contribution in [0.2, 0.25) is 0 Å². The standard InChI is InChI=1S/C14H15N3OS/c1-4-5-11-10-7-6-9(19(3)18)8-12(10)17-14(15)13(11)16-2/h4-8H,2H2,1,3H3,(H2,15,17)/b5-4-. The molecule has 0 fully saturated rings. The second kappa shape index (κ2) is 5.32. The fourth-order valence-electron chi connectivity index (χ4n) is 1.96. The van der Waals surface area contributed by atoms with Gasteiger partial charge in [0.1, 0.15) is 5.69 Å². The first kappa shape index (κ1) is 13.4. The number of allylic oxidation sites excluding steroid dienone is 1. The normalized spacial score (nSPS) is 12.9. The fourth-order valence-corrected chi connectivity index (χ4v) is 2.50. The molecule has 0 aliphatic heterocycles. The summed E-state index contributed by atoms with van der Waals surface area (Å²) in [4.78, 5) is 8.98. The Hall–Kier alpha value is -2.01. The molecule has 98 valence electrons. The van der Waals surface area contributed by atoms with Crippen LogP contribution < -0.4 is 5.73 Å². The van der Waals surface area contributed by atoms with Crippen LogP contribution in [-0.2, 0) is 10.8 Å². The Morgan fingerprint density at radius 2 is 2.21 bits per heavy atom. The first-order chi connectivity index (χ1) is 9.08. The fraction of sp³-hybridized carbons (Fsp3) is 0.143. The van der Waals surface area contributed by atoms with Gasteiger partial charge >= 0.3 is 0 Å². The number of hydrogen-bond acceptors (Lipinski definition) is 4. The number of aliphatic imine (C=N–C) groups is 1. The van der Waals surface area contributed by atoms with Crippen molar-refractivity contribution in [2.75, 3.05) is 12.0 Å². The summed E-state index contributed by atoms with van der Waals surface area (Å²) in [6.07, 6.45) is 5.47. The molecule has 1 atom stereocenters. The van der Waals surface area contributed by atoms with Crippen molar-refractivity contribution in [3.63, 3.8) is 0 Å². The highest BCUT2D eigenvalue weighted by Crippen LogP contribution is 2.33. The molecule has 0 aliphatic carbocycles. The van der Waals surface area contributed by atoms with Gasteiger partial charge in [0, 0.05) is 32.9 Å². The smallest absolute Gasteiger partial charge is 0.150 e. The summed E-state index contributed by atoms with van der Waals surface area (Å²) >= 11 is 0. The predicted molar refractivity (Wildman–Crippen MR) is 82.4 cm³/mol. The molecule has 0 radical (unpaired) electrons. The highest BCUT2D eigenvalue weighted by Gasteiger charge is 2.11. The van der Waals surface area contributed by atoms with E-state index in [1.807, 2.05) is 31.2 Å². The summed E-state index contributed by atoms with van der Waals surface area (Å²) in [5, 5.41) is 0.920. The maximum Gasteiger partial charge on any atom is 0.150 e. The largest absolute Gasteiger partial charge is 0.382 e. The second-order valence-corrected chi connectivity index (χ2v) is 5.43. The number of hydrogen-bond donors (Lipinski definition) is 1. The average Bonchev–Trinajstić information content (AvgIpc) is 2.38. The van der Waals surface area contributed by atoms with Crippen LogP contribution in [0.25, 0.3) is 17.0 Å². The van der Waals surface area contributed by atoms with Gasteiger partial charge in [-0.05, 0) is 25.8 Å². The highest BCUT2D eigenvalue weighted by molar-refractivity contribution is 7.84. The first-order valence-electron chi connectivity index (χ1n) is 5.74. The number of fused-ring (bicyclic) bond motifs is 1. The van der Waals surface area contributed by atoms with Crippen molar-refractivity contribution < 1.29 is 4.21 Å². The van der Waals surface area contributed by atoms with Gasteiger partial charge in [-0.1, -0.05) is 18.2 Å². The maximum absolute atomic E-state index is 11.5. The lowest BCUT2D eigenvalue weighted by Gasteiger charge is -2.09. The van der Waals surface area contributed by atoms with Crippen molar-refractivity contribution in [2.24, 2.45) is 4.99 Å². The maximum atomic E-state index is 11.5. The predicted octanol–water partition coefficient (Wildman–Crippen LogP) is 2.92. The number of rotatable bonds is 3. The van der Waals surface area contributed by atoms with E-state index in [2.05, 4.69) is 16.7 Å². The summed E-state index contributed by atoms with van der Waals surface area (Å²) in [7, 11) is -1.04. The van der Waals surface area contributed by atoms with E-state index in [0.29, 0.717) is 17.0 Å². The van der Waals surface area contributed by atoms with E-state index in [4.69, 9.17) is 5.73 Å². The van der Waals surface area contributed by atoms with Crippen LogP contribution in [0.3, 0.4) is 0 Å². The summed E-state index contributed by atoms with van der Waals surface area (Å²) in [6, 6.07) is 5.51.